The zero-order valence-corrected chi connectivity index (χ0v) is 26.2. The Hall–Kier alpha value is -2.40. The third-order valence-electron chi connectivity index (χ3n) is 14.2. The number of carboxylic acid groups (broad SMARTS) is 1. The van der Waals surface area contributed by atoms with Crippen LogP contribution >= 0.6 is 0 Å². The molecule has 1 aromatic carbocycles. The summed E-state index contributed by atoms with van der Waals surface area (Å²) < 4.78 is 0. The maximum atomic E-state index is 14.3. The number of aromatic carboxylic acids is 1. The van der Waals surface area contributed by atoms with Crippen molar-refractivity contribution in [3.63, 3.8) is 0 Å². The first kappa shape index (κ1) is 29.7. The van der Waals surface area contributed by atoms with E-state index in [0.29, 0.717) is 30.2 Å². The summed E-state index contributed by atoms with van der Waals surface area (Å²) >= 11 is 0. The molecule has 5 aliphatic rings. The molecule has 6 rings (SSSR count). The molecule has 0 saturated heterocycles. The number of carboxylic acids is 1. The Morgan fingerprint density at radius 3 is 2.45 bits per heavy atom. The predicted octanol–water partition coefficient (Wildman–Crippen LogP) is 7.55. The number of nitrogens with one attached hydrogen (secondary N) is 1. The van der Waals surface area contributed by atoms with Gasteiger partial charge in [-0.05, 0) is 140 Å². The molecule has 228 valence electrons. The van der Waals surface area contributed by atoms with Gasteiger partial charge in [0.05, 0.1) is 17.1 Å². The normalized spacial score (nSPS) is 44.3. The molecule has 5 saturated carbocycles. The second-order valence-electron chi connectivity index (χ2n) is 15.7. The first-order chi connectivity index (χ1) is 19.8. The van der Waals surface area contributed by atoms with Crippen molar-refractivity contribution in [2.75, 3.05) is 0 Å². The van der Waals surface area contributed by atoms with Gasteiger partial charge in [0, 0.05) is 6.54 Å². The Morgan fingerprint density at radius 2 is 1.74 bits per heavy atom. The lowest BCUT2D eigenvalue weighted by Gasteiger charge is -2.71. The van der Waals surface area contributed by atoms with E-state index in [-0.39, 0.29) is 39.7 Å². The standard InChI is InChI=1S/C37H51NO4/c1-22(2)26-12-17-37(33(42)38-21-24-8-7-9-25(20-24)32(40)41)19-18-35(5)28(31(26)37)10-11-30-34(4)15-14-29(39)23(3)27(34)13-16-36(30,35)6/h7-9,20,26-31,39H,1,3,10-19,21H2,2,4-6H3,(H,38,42)(H,40,41)/t26-,27-,28+,29-,30+,31+,34-,35+,36+,37-/m0/s1. The van der Waals surface area contributed by atoms with Crippen LogP contribution in [0.3, 0.4) is 0 Å². The number of aliphatic hydroxyl groups excluding tert-OH is 1. The number of carbonyl (C=O) groups is 2. The van der Waals surface area contributed by atoms with E-state index in [0.717, 1.165) is 62.5 Å². The molecule has 0 aliphatic heterocycles. The SMILES string of the molecule is C=C(C)[C@@H]1CC[C@]2(C(=O)NCc3cccc(C(=O)O)c3)CC[C@]3(C)[C@H](CC[C@@H]4[C@@]5(C)CC[C@H](O)C(=C)[C@@H]5CC[C@]43C)[C@@H]12. The average molecular weight is 574 g/mol. The minimum atomic E-state index is -0.950. The second kappa shape index (κ2) is 10.1. The van der Waals surface area contributed by atoms with E-state index in [4.69, 9.17) is 0 Å². The van der Waals surface area contributed by atoms with Gasteiger partial charge in [-0.1, -0.05) is 51.6 Å². The van der Waals surface area contributed by atoms with Crippen LogP contribution in [-0.4, -0.2) is 28.2 Å². The van der Waals surface area contributed by atoms with Crippen molar-refractivity contribution in [3.8, 4) is 0 Å². The fraction of sp³-hybridized carbons (Fsp3) is 0.676. The highest BCUT2D eigenvalue weighted by Gasteiger charge is 2.70. The smallest absolute Gasteiger partial charge is 0.335 e. The minimum Gasteiger partial charge on any atom is -0.478 e. The number of benzene rings is 1. The van der Waals surface area contributed by atoms with Crippen LogP contribution in [0.5, 0.6) is 0 Å². The van der Waals surface area contributed by atoms with E-state index in [2.05, 4.69) is 46.2 Å². The first-order valence-electron chi connectivity index (χ1n) is 16.4. The highest BCUT2D eigenvalue weighted by molar-refractivity contribution is 5.88. The molecule has 1 aromatic rings. The molecule has 0 radical (unpaired) electrons. The molecule has 10 atom stereocenters. The first-order valence-corrected chi connectivity index (χ1v) is 16.4. The number of aliphatic hydroxyl groups is 1. The largest absolute Gasteiger partial charge is 0.478 e. The summed E-state index contributed by atoms with van der Waals surface area (Å²) in [6, 6.07) is 6.90. The molecular formula is C37H51NO4. The van der Waals surface area contributed by atoms with Crippen LogP contribution in [0.15, 0.2) is 48.6 Å². The third-order valence-corrected chi connectivity index (χ3v) is 14.2. The van der Waals surface area contributed by atoms with Gasteiger partial charge >= 0.3 is 5.97 Å². The monoisotopic (exact) mass is 573 g/mol. The van der Waals surface area contributed by atoms with Gasteiger partial charge in [0.25, 0.3) is 0 Å². The molecule has 0 bridgehead atoms. The molecule has 5 fully saturated rings. The van der Waals surface area contributed by atoms with E-state index in [1.54, 1.807) is 18.2 Å². The van der Waals surface area contributed by atoms with E-state index < -0.39 is 11.4 Å². The van der Waals surface area contributed by atoms with E-state index >= 15 is 0 Å². The Labute approximate surface area is 252 Å². The summed E-state index contributed by atoms with van der Waals surface area (Å²) in [4.78, 5) is 25.8. The molecule has 5 nitrogen and oxygen atoms in total. The van der Waals surface area contributed by atoms with Crippen LogP contribution in [0.2, 0.25) is 0 Å². The van der Waals surface area contributed by atoms with E-state index in [1.807, 2.05) is 6.07 Å². The lowest BCUT2D eigenvalue weighted by molar-refractivity contribution is -0.220. The summed E-state index contributed by atoms with van der Waals surface area (Å²) in [5, 5.41) is 23.4. The van der Waals surface area contributed by atoms with Gasteiger partial charge in [0.2, 0.25) is 5.91 Å². The highest BCUT2D eigenvalue weighted by Crippen LogP contribution is 2.76. The van der Waals surface area contributed by atoms with Crippen molar-refractivity contribution in [2.24, 2.45) is 51.2 Å². The van der Waals surface area contributed by atoms with Gasteiger partial charge in [-0.25, -0.2) is 4.79 Å². The maximum Gasteiger partial charge on any atom is 0.335 e. The van der Waals surface area contributed by atoms with Gasteiger partial charge in [0.1, 0.15) is 0 Å². The zero-order chi connectivity index (χ0) is 30.2. The minimum absolute atomic E-state index is 0.142. The number of carbonyl (C=O) groups excluding carboxylic acids is 1. The second-order valence-corrected chi connectivity index (χ2v) is 15.7. The maximum absolute atomic E-state index is 14.3. The quantitative estimate of drug-likeness (QED) is 0.318. The van der Waals surface area contributed by atoms with Crippen molar-refractivity contribution in [3.05, 3.63) is 59.7 Å². The Morgan fingerprint density at radius 1 is 0.976 bits per heavy atom. The number of amides is 1. The number of rotatable bonds is 5. The lowest BCUT2D eigenvalue weighted by atomic mass is 9.33. The number of fused-ring (bicyclic) bond motifs is 7. The van der Waals surface area contributed by atoms with Crippen molar-refractivity contribution < 1.29 is 19.8 Å². The third kappa shape index (κ3) is 4.04. The molecular weight excluding hydrogens is 522 g/mol. The molecule has 0 aromatic heterocycles. The molecule has 5 heteroatoms. The highest BCUT2D eigenvalue weighted by atomic mass is 16.4. The Balaban J connectivity index is 1.31. The summed E-state index contributed by atoms with van der Waals surface area (Å²) in [5.74, 6) is 1.31. The van der Waals surface area contributed by atoms with Gasteiger partial charge in [-0.15, -0.1) is 0 Å². The molecule has 0 heterocycles. The average Bonchev–Trinajstić information content (AvgIpc) is 3.36. The van der Waals surface area contributed by atoms with Crippen LogP contribution in [0.25, 0.3) is 0 Å². The van der Waals surface area contributed by atoms with Crippen molar-refractivity contribution in [1.82, 2.24) is 5.32 Å². The summed E-state index contributed by atoms with van der Waals surface area (Å²) in [7, 11) is 0. The van der Waals surface area contributed by atoms with Gasteiger partial charge < -0.3 is 15.5 Å². The molecule has 0 spiro atoms. The topological polar surface area (TPSA) is 86.6 Å². The van der Waals surface area contributed by atoms with Crippen LogP contribution in [0, 0.1) is 51.2 Å². The van der Waals surface area contributed by atoms with Crippen LogP contribution in [-0.2, 0) is 11.3 Å². The Bertz CT molecular complexity index is 1320. The van der Waals surface area contributed by atoms with Gasteiger partial charge in [-0.2, -0.15) is 0 Å². The number of hydrogen-bond donors (Lipinski definition) is 3. The molecule has 1 amide bonds. The fourth-order valence-electron chi connectivity index (χ4n) is 11.9. The Kier molecular flexibility index (Phi) is 7.11. The number of allylic oxidation sites excluding steroid dienone is 1. The number of hydrogen-bond acceptors (Lipinski definition) is 3. The molecule has 42 heavy (non-hydrogen) atoms. The van der Waals surface area contributed by atoms with Crippen molar-refractivity contribution in [2.45, 2.75) is 105 Å². The summed E-state index contributed by atoms with van der Waals surface area (Å²) in [5.41, 5.74) is 3.47. The molecule has 5 aliphatic carbocycles. The zero-order valence-electron chi connectivity index (χ0n) is 26.2. The van der Waals surface area contributed by atoms with Crippen LogP contribution in [0.4, 0.5) is 0 Å². The van der Waals surface area contributed by atoms with E-state index in [9.17, 15) is 19.8 Å². The van der Waals surface area contributed by atoms with Crippen molar-refractivity contribution in [1.29, 1.82) is 0 Å². The molecule has 3 N–H and O–H groups in total. The summed E-state index contributed by atoms with van der Waals surface area (Å²) in [6.07, 6.45) is 10.1. The van der Waals surface area contributed by atoms with Gasteiger partial charge in [0.15, 0.2) is 0 Å². The van der Waals surface area contributed by atoms with Gasteiger partial charge in [-0.3, -0.25) is 4.79 Å². The summed E-state index contributed by atoms with van der Waals surface area (Å²) in [6.45, 7) is 19.1. The predicted molar refractivity (Wildman–Crippen MR) is 166 cm³/mol. The lowest BCUT2D eigenvalue weighted by Crippen LogP contribution is -2.65. The van der Waals surface area contributed by atoms with Crippen LogP contribution < -0.4 is 5.32 Å². The molecule has 0 unspecified atom stereocenters. The fourth-order valence-corrected chi connectivity index (χ4v) is 11.9. The van der Waals surface area contributed by atoms with Crippen LogP contribution in [0.1, 0.15) is 108 Å². The van der Waals surface area contributed by atoms with E-state index in [1.165, 1.54) is 18.4 Å². The van der Waals surface area contributed by atoms with Crippen molar-refractivity contribution >= 4 is 11.9 Å².